The van der Waals surface area contributed by atoms with Gasteiger partial charge in [-0.1, -0.05) is 0 Å². The Morgan fingerprint density at radius 2 is 2.25 bits per heavy atom. The summed E-state index contributed by atoms with van der Waals surface area (Å²) >= 11 is 1.67. The second kappa shape index (κ2) is 8.51. The Hall–Kier alpha value is 0.0900. The number of aryl methyl sites for hydroxylation is 1. The molecule has 116 valence electrons. The number of hydrogen-bond acceptors (Lipinski definition) is 5. The smallest absolute Gasteiger partial charge is 0.0898 e. The molecule has 0 aliphatic carbocycles. The molecule has 1 aromatic heterocycles. The summed E-state index contributed by atoms with van der Waals surface area (Å²) in [4.78, 5) is 4.39. The third-order valence-corrected chi connectivity index (χ3v) is 4.49. The highest BCUT2D eigenvalue weighted by molar-refractivity contribution is 7.09. The Morgan fingerprint density at radius 1 is 1.40 bits per heavy atom. The van der Waals surface area contributed by atoms with Crippen LogP contribution in [0.5, 0.6) is 0 Å². The Balaban J connectivity index is 0.000001000. The molecule has 20 heavy (non-hydrogen) atoms. The normalized spacial score (nSPS) is 28.4. The summed E-state index contributed by atoms with van der Waals surface area (Å²) in [6, 6.07) is 0.586. The summed E-state index contributed by atoms with van der Waals surface area (Å²) in [5.41, 5.74) is 1.04. The van der Waals surface area contributed by atoms with Crippen molar-refractivity contribution in [2.24, 2.45) is 0 Å². The number of fused-ring (bicyclic) bond motifs is 1. The van der Waals surface area contributed by atoms with E-state index in [2.05, 4.69) is 15.7 Å². The molecule has 7 heteroatoms. The summed E-state index contributed by atoms with van der Waals surface area (Å²) in [7, 11) is 0. The fraction of sp³-hybridized carbons (Fsp3) is 0.769. The van der Waals surface area contributed by atoms with Gasteiger partial charge in [-0.2, -0.15) is 0 Å². The number of rotatable bonds is 4. The van der Waals surface area contributed by atoms with E-state index in [1.165, 1.54) is 6.42 Å². The van der Waals surface area contributed by atoms with E-state index in [1.54, 1.807) is 11.3 Å². The summed E-state index contributed by atoms with van der Waals surface area (Å²) in [6.07, 6.45) is 4.14. The largest absolute Gasteiger partial charge is 0.372 e. The van der Waals surface area contributed by atoms with Crippen molar-refractivity contribution in [1.29, 1.82) is 0 Å². The van der Waals surface area contributed by atoms with Crippen LogP contribution in [0.3, 0.4) is 0 Å². The minimum atomic E-state index is 0. The van der Waals surface area contributed by atoms with Crippen molar-refractivity contribution in [2.45, 2.75) is 51.0 Å². The maximum absolute atomic E-state index is 6.05. The summed E-state index contributed by atoms with van der Waals surface area (Å²) < 4.78 is 11.8. The van der Waals surface area contributed by atoms with Crippen molar-refractivity contribution in [1.82, 2.24) is 10.3 Å². The summed E-state index contributed by atoms with van der Waals surface area (Å²) in [5.74, 6) is 0. The maximum atomic E-state index is 6.05. The minimum Gasteiger partial charge on any atom is -0.372 e. The molecule has 0 saturated carbocycles. The first kappa shape index (κ1) is 18.1. The second-order valence-corrected chi connectivity index (χ2v) is 6.16. The molecular formula is C13H22Cl2N2O2S. The zero-order chi connectivity index (χ0) is 12.4. The molecule has 0 bridgehead atoms. The van der Waals surface area contributed by atoms with E-state index in [4.69, 9.17) is 9.47 Å². The van der Waals surface area contributed by atoms with E-state index in [9.17, 15) is 0 Å². The van der Waals surface area contributed by atoms with E-state index in [0.29, 0.717) is 25.4 Å². The van der Waals surface area contributed by atoms with Gasteiger partial charge in [0.15, 0.2) is 0 Å². The maximum Gasteiger partial charge on any atom is 0.0898 e. The van der Waals surface area contributed by atoms with Crippen molar-refractivity contribution in [2.75, 3.05) is 13.2 Å². The molecular weight excluding hydrogens is 319 g/mol. The zero-order valence-corrected chi connectivity index (χ0v) is 14.0. The van der Waals surface area contributed by atoms with Gasteiger partial charge in [0.25, 0.3) is 0 Å². The number of nitrogens with zero attached hydrogens (tertiary/aromatic N) is 1. The fourth-order valence-electron chi connectivity index (χ4n) is 2.77. The zero-order valence-electron chi connectivity index (χ0n) is 11.5. The van der Waals surface area contributed by atoms with Crippen molar-refractivity contribution in [3.05, 3.63) is 16.1 Å². The van der Waals surface area contributed by atoms with Crippen LogP contribution in [0.4, 0.5) is 0 Å². The highest BCUT2D eigenvalue weighted by Crippen LogP contribution is 2.25. The minimum absolute atomic E-state index is 0. The van der Waals surface area contributed by atoms with Crippen LogP contribution in [-0.4, -0.2) is 36.4 Å². The number of hydrogen-bond donors (Lipinski definition) is 1. The lowest BCUT2D eigenvalue weighted by Crippen LogP contribution is -2.41. The molecule has 3 atom stereocenters. The summed E-state index contributed by atoms with van der Waals surface area (Å²) in [6.45, 7) is 4.42. The van der Waals surface area contributed by atoms with Gasteiger partial charge >= 0.3 is 0 Å². The number of nitrogens with one attached hydrogen (secondary N) is 1. The van der Waals surface area contributed by atoms with E-state index < -0.39 is 0 Å². The SMILES string of the molecule is Cc1nc(COC[C@H]2CC[C@H]3NCC[C@H]3O2)cs1.Cl.Cl. The Kier molecular flexibility index (Phi) is 7.72. The van der Waals surface area contributed by atoms with Crippen LogP contribution in [0.25, 0.3) is 0 Å². The van der Waals surface area contributed by atoms with Crippen LogP contribution in [0, 0.1) is 6.92 Å². The molecule has 4 nitrogen and oxygen atoms in total. The van der Waals surface area contributed by atoms with Crippen molar-refractivity contribution in [3.8, 4) is 0 Å². The van der Waals surface area contributed by atoms with Gasteiger partial charge in [-0.05, 0) is 32.7 Å². The standard InChI is InChI=1S/C13H20N2O2S.2ClH/c1-9-15-10(8-18-9)6-16-7-11-2-3-12-13(17-11)4-5-14-12;;/h8,11-14H,2-7H2,1H3;2*1H/t11-,12-,13-;;/m1../s1. The summed E-state index contributed by atoms with van der Waals surface area (Å²) in [5, 5.41) is 6.65. The van der Waals surface area contributed by atoms with Crippen molar-refractivity contribution >= 4 is 36.2 Å². The number of halogens is 2. The highest BCUT2D eigenvalue weighted by atomic mass is 35.5. The van der Waals surface area contributed by atoms with Gasteiger partial charge < -0.3 is 14.8 Å². The second-order valence-electron chi connectivity index (χ2n) is 5.10. The fourth-order valence-corrected chi connectivity index (χ4v) is 3.36. The molecule has 2 saturated heterocycles. The third kappa shape index (κ3) is 4.55. The molecule has 1 aromatic rings. The number of ether oxygens (including phenoxy) is 2. The van der Waals surface area contributed by atoms with Crippen LogP contribution in [-0.2, 0) is 16.1 Å². The molecule has 2 aliphatic heterocycles. The lowest BCUT2D eigenvalue weighted by molar-refractivity contribution is -0.0911. The molecule has 2 fully saturated rings. The van der Waals surface area contributed by atoms with Gasteiger partial charge in [-0.3, -0.25) is 0 Å². The monoisotopic (exact) mass is 340 g/mol. The first-order chi connectivity index (χ1) is 8.81. The topological polar surface area (TPSA) is 43.4 Å². The average Bonchev–Trinajstić information content (AvgIpc) is 2.97. The molecule has 1 N–H and O–H groups in total. The molecule has 0 spiro atoms. The highest BCUT2D eigenvalue weighted by Gasteiger charge is 2.34. The molecule has 2 aliphatic rings. The first-order valence-corrected chi connectivity index (χ1v) is 7.57. The van der Waals surface area contributed by atoms with Crippen molar-refractivity contribution < 1.29 is 9.47 Å². The van der Waals surface area contributed by atoms with Gasteiger partial charge in [0.2, 0.25) is 0 Å². The van der Waals surface area contributed by atoms with Gasteiger partial charge in [-0.15, -0.1) is 36.2 Å². The Labute approximate surface area is 136 Å². The number of aromatic nitrogens is 1. The molecule has 0 radical (unpaired) electrons. The van der Waals surface area contributed by atoms with Crippen LogP contribution in [0.1, 0.15) is 30.0 Å². The van der Waals surface area contributed by atoms with Crippen LogP contribution < -0.4 is 5.32 Å². The van der Waals surface area contributed by atoms with Crippen molar-refractivity contribution in [3.63, 3.8) is 0 Å². The molecule has 0 aromatic carbocycles. The van der Waals surface area contributed by atoms with Gasteiger partial charge in [-0.25, -0.2) is 4.98 Å². The van der Waals surface area contributed by atoms with E-state index >= 15 is 0 Å². The Morgan fingerprint density at radius 3 is 3.00 bits per heavy atom. The van der Waals surface area contributed by atoms with Gasteiger partial charge in [0.05, 0.1) is 36.1 Å². The first-order valence-electron chi connectivity index (χ1n) is 6.69. The lowest BCUT2D eigenvalue weighted by Gasteiger charge is -2.32. The molecule has 0 unspecified atom stereocenters. The van der Waals surface area contributed by atoms with Crippen LogP contribution in [0.2, 0.25) is 0 Å². The molecule has 3 heterocycles. The molecule has 3 rings (SSSR count). The average molecular weight is 341 g/mol. The van der Waals surface area contributed by atoms with Crippen LogP contribution in [0.15, 0.2) is 5.38 Å². The van der Waals surface area contributed by atoms with Gasteiger partial charge in [0, 0.05) is 11.4 Å². The number of thiazole rings is 1. The molecule has 0 amide bonds. The third-order valence-electron chi connectivity index (χ3n) is 3.67. The Bertz CT molecular complexity index is 405. The predicted octanol–water partition coefficient (Wildman–Crippen LogP) is 2.72. The van der Waals surface area contributed by atoms with E-state index in [0.717, 1.165) is 30.1 Å². The van der Waals surface area contributed by atoms with E-state index in [1.807, 2.05) is 6.92 Å². The van der Waals surface area contributed by atoms with Gasteiger partial charge in [0.1, 0.15) is 0 Å². The van der Waals surface area contributed by atoms with Crippen LogP contribution >= 0.6 is 36.2 Å². The quantitative estimate of drug-likeness (QED) is 0.915. The predicted molar refractivity (Wildman–Crippen MR) is 85.3 cm³/mol. The van der Waals surface area contributed by atoms with E-state index in [-0.39, 0.29) is 30.9 Å². The lowest BCUT2D eigenvalue weighted by atomic mass is 10.0.